The first-order valence-electron chi connectivity index (χ1n) is 21.4. The van der Waals surface area contributed by atoms with E-state index in [4.69, 9.17) is 27.6 Å². The molecule has 5 atom stereocenters. The Morgan fingerprint density at radius 1 is 0.630 bits per heavy atom. The van der Waals surface area contributed by atoms with E-state index in [2.05, 4.69) is 34.6 Å². The van der Waals surface area contributed by atoms with Gasteiger partial charge in [-0.1, -0.05) is 163 Å². The minimum atomic E-state index is -5.05. The third-order valence-electron chi connectivity index (χ3n) is 11.0. The summed E-state index contributed by atoms with van der Waals surface area (Å²) in [6.07, 6.45) is 18.4. The highest BCUT2D eigenvalue weighted by Gasteiger charge is 2.53. The topological polar surface area (TPSA) is 144 Å². The van der Waals surface area contributed by atoms with Crippen LogP contribution >= 0.6 is 0 Å². The molecule has 0 bridgehead atoms. The second-order valence-corrected chi connectivity index (χ2v) is 22.7. The van der Waals surface area contributed by atoms with E-state index in [0.717, 1.165) is 38.5 Å². The van der Waals surface area contributed by atoms with E-state index < -0.39 is 61.4 Å². The van der Waals surface area contributed by atoms with Crippen molar-refractivity contribution >= 4 is 30.7 Å². The van der Waals surface area contributed by atoms with E-state index >= 15 is 0 Å². The number of rotatable bonds is 32. The van der Waals surface area contributed by atoms with Crippen molar-refractivity contribution in [3.8, 4) is 0 Å². The Morgan fingerprint density at radius 2 is 1.00 bits per heavy atom. The van der Waals surface area contributed by atoms with Crippen LogP contribution in [0.2, 0.25) is 18.1 Å². The minimum Gasteiger partial charge on any atom is -0.455 e. The summed E-state index contributed by atoms with van der Waals surface area (Å²) in [7, 11) is -6.05. The molecule has 13 heteroatoms. The molecule has 1 heterocycles. The van der Waals surface area contributed by atoms with Gasteiger partial charge in [-0.2, -0.15) is 8.42 Å². The normalized spacial score (nSPS) is 20.9. The van der Waals surface area contributed by atoms with Crippen LogP contribution in [0.4, 0.5) is 0 Å². The second kappa shape index (κ2) is 28.3. The quantitative estimate of drug-likeness (QED) is 0.0300. The molecule has 0 saturated carbocycles. The van der Waals surface area contributed by atoms with Crippen LogP contribution in [-0.4, -0.2) is 77.6 Å². The molecule has 1 rings (SSSR count). The van der Waals surface area contributed by atoms with Gasteiger partial charge in [0.2, 0.25) is 0 Å². The van der Waals surface area contributed by atoms with E-state index in [-0.39, 0.29) is 24.5 Å². The maximum atomic E-state index is 13.3. The standard InChI is InChI=1S/C41H80O11SSi/c1-9-11-13-15-17-19-21-23-25-27-29-31-35(42)50-38-37(52-53(44,45)46)34(33-48-54(7,8)41(3,4)5)49-40(47-6)39(38)51-36(43)32-30-28-26-24-22-20-18-16-14-12-10-2/h34,37-40H,9-33H2,1-8H3,(H,44,45,46)/t34-,37-,38+,39-,40+/m1/s1. The number of ether oxygens (including phenoxy) is 4. The monoisotopic (exact) mass is 809 g/mol. The number of esters is 2. The average Bonchev–Trinajstić information content (AvgIpc) is 3.09. The van der Waals surface area contributed by atoms with E-state index in [1.54, 1.807) is 0 Å². The number of methoxy groups -OCH3 is 1. The molecule has 1 aliphatic rings. The van der Waals surface area contributed by atoms with Crippen LogP contribution < -0.4 is 0 Å². The number of carbonyl (C=O) groups is 2. The predicted molar refractivity (Wildman–Crippen MR) is 217 cm³/mol. The second-order valence-electron chi connectivity index (χ2n) is 16.8. The molecular formula is C41H80O11SSi. The van der Waals surface area contributed by atoms with Crippen LogP contribution in [0, 0.1) is 0 Å². The highest BCUT2D eigenvalue weighted by molar-refractivity contribution is 7.80. The molecule has 1 N–H and O–H groups in total. The summed E-state index contributed by atoms with van der Waals surface area (Å²) >= 11 is 0. The molecule has 0 amide bonds. The Morgan fingerprint density at radius 3 is 1.35 bits per heavy atom. The van der Waals surface area contributed by atoms with Crippen LogP contribution in [0.1, 0.15) is 189 Å². The lowest BCUT2D eigenvalue weighted by Gasteiger charge is -2.45. The van der Waals surface area contributed by atoms with E-state index in [0.29, 0.717) is 12.8 Å². The summed E-state index contributed by atoms with van der Waals surface area (Å²) in [6.45, 7) is 14.6. The van der Waals surface area contributed by atoms with E-state index in [1.165, 1.54) is 97.0 Å². The van der Waals surface area contributed by atoms with Crippen molar-refractivity contribution in [1.82, 2.24) is 0 Å². The minimum absolute atomic E-state index is 0.0924. The van der Waals surface area contributed by atoms with Crippen LogP contribution in [0.3, 0.4) is 0 Å². The zero-order chi connectivity index (χ0) is 40.5. The maximum Gasteiger partial charge on any atom is 0.397 e. The molecule has 0 aromatic heterocycles. The molecule has 1 aliphatic heterocycles. The van der Waals surface area contributed by atoms with Crippen LogP contribution in [0.15, 0.2) is 0 Å². The van der Waals surface area contributed by atoms with Gasteiger partial charge in [-0.25, -0.2) is 4.18 Å². The molecule has 54 heavy (non-hydrogen) atoms. The lowest BCUT2D eigenvalue weighted by atomic mass is 9.98. The Kier molecular flexibility index (Phi) is 26.7. The van der Waals surface area contributed by atoms with E-state index in [9.17, 15) is 22.6 Å². The zero-order valence-electron chi connectivity index (χ0n) is 35.5. The summed E-state index contributed by atoms with van der Waals surface area (Å²) in [4.78, 5) is 26.5. The first-order valence-corrected chi connectivity index (χ1v) is 25.7. The maximum absolute atomic E-state index is 13.3. The van der Waals surface area contributed by atoms with Gasteiger partial charge in [0, 0.05) is 20.0 Å². The van der Waals surface area contributed by atoms with Crippen molar-refractivity contribution < 1.29 is 50.1 Å². The van der Waals surface area contributed by atoms with Gasteiger partial charge < -0.3 is 23.4 Å². The van der Waals surface area contributed by atoms with Crippen molar-refractivity contribution in [3.63, 3.8) is 0 Å². The van der Waals surface area contributed by atoms with Gasteiger partial charge in [-0.15, -0.1) is 0 Å². The van der Waals surface area contributed by atoms with Crippen LogP contribution in [-0.2, 0) is 47.5 Å². The SMILES string of the molecule is CCCCCCCCCCCCCC(=O)O[C@@H]1[C@@H](OC(=O)CCCCCCCCCCCCC)[C@@H](OC)O[C@H](CO[Si](C)(C)C(C)(C)C)[C@H]1OS(=O)(=O)O. The Bertz CT molecular complexity index is 1100. The molecule has 0 radical (unpaired) electrons. The summed E-state index contributed by atoms with van der Waals surface area (Å²) in [5.41, 5.74) is 0. The summed E-state index contributed by atoms with van der Waals surface area (Å²) in [6, 6.07) is 0. The number of hydrogen-bond acceptors (Lipinski definition) is 10. The lowest BCUT2D eigenvalue weighted by Crippen LogP contribution is -2.63. The molecule has 320 valence electrons. The van der Waals surface area contributed by atoms with Crippen molar-refractivity contribution in [2.75, 3.05) is 13.7 Å². The predicted octanol–water partition coefficient (Wildman–Crippen LogP) is 10.8. The van der Waals surface area contributed by atoms with Gasteiger partial charge in [-0.3, -0.25) is 14.1 Å². The highest BCUT2D eigenvalue weighted by atomic mass is 32.3. The summed E-state index contributed by atoms with van der Waals surface area (Å²) < 4.78 is 69.2. The summed E-state index contributed by atoms with van der Waals surface area (Å²) in [5, 5.41) is -0.172. The average molecular weight is 809 g/mol. The molecule has 0 aromatic rings. The molecule has 11 nitrogen and oxygen atoms in total. The van der Waals surface area contributed by atoms with Gasteiger partial charge in [0.1, 0.15) is 12.2 Å². The molecule has 0 aromatic carbocycles. The molecule has 0 unspecified atom stereocenters. The van der Waals surface area contributed by atoms with Gasteiger partial charge in [0.05, 0.1) is 6.61 Å². The van der Waals surface area contributed by atoms with Crippen LogP contribution in [0.5, 0.6) is 0 Å². The Balaban J connectivity index is 2.95. The smallest absolute Gasteiger partial charge is 0.397 e. The highest BCUT2D eigenvalue weighted by Crippen LogP contribution is 2.38. The van der Waals surface area contributed by atoms with Gasteiger partial charge in [0.15, 0.2) is 26.8 Å². The number of hydrogen-bond donors (Lipinski definition) is 1. The van der Waals surface area contributed by atoms with E-state index in [1.807, 2.05) is 13.1 Å². The largest absolute Gasteiger partial charge is 0.455 e. The fraction of sp³-hybridized carbons (Fsp3) is 0.951. The summed E-state index contributed by atoms with van der Waals surface area (Å²) in [5.74, 6) is -1.14. The number of carbonyl (C=O) groups excluding carboxylic acids is 2. The Hall–Kier alpha value is -1.09. The first kappa shape index (κ1) is 50.9. The fourth-order valence-corrected chi connectivity index (χ4v) is 8.04. The molecule has 0 spiro atoms. The third kappa shape index (κ3) is 22.6. The third-order valence-corrected chi connectivity index (χ3v) is 15.9. The van der Waals surface area contributed by atoms with Crippen molar-refractivity contribution in [1.29, 1.82) is 0 Å². The van der Waals surface area contributed by atoms with Crippen molar-refractivity contribution in [2.24, 2.45) is 0 Å². The first-order chi connectivity index (χ1) is 25.6. The molecular weight excluding hydrogens is 729 g/mol. The van der Waals surface area contributed by atoms with Crippen LogP contribution in [0.25, 0.3) is 0 Å². The molecule has 1 fully saturated rings. The zero-order valence-corrected chi connectivity index (χ0v) is 37.3. The van der Waals surface area contributed by atoms with Gasteiger partial charge in [0.25, 0.3) is 0 Å². The van der Waals surface area contributed by atoms with Crippen molar-refractivity contribution in [3.05, 3.63) is 0 Å². The van der Waals surface area contributed by atoms with Crippen molar-refractivity contribution in [2.45, 2.75) is 238 Å². The fourth-order valence-electron chi connectivity index (χ4n) is 6.51. The molecule has 1 saturated heterocycles. The van der Waals surface area contributed by atoms with Gasteiger partial charge >= 0.3 is 22.3 Å². The lowest BCUT2D eigenvalue weighted by molar-refractivity contribution is -0.296. The number of unbranched alkanes of at least 4 members (excludes halogenated alkanes) is 20. The van der Waals surface area contributed by atoms with Gasteiger partial charge in [-0.05, 0) is 31.0 Å². The Labute approximate surface area is 331 Å². The molecule has 0 aliphatic carbocycles.